The Kier molecular flexibility index (Phi) is 5.94. The first kappa shape index (κ1) is 22.3. The van der Waals surface area contributed by atoms with E-state index < -0.39 is 17.7 Å². The molecule has 0 radical (unpaired) electrons. The van der Waals surface area contributed by atoms with Crippen molar-refractivity contribution in [2.75, 3.05) is 54.9 Å². The number of carbonyl (C=O) groups excluding carboxylic acids is 1. The molecule has 2 saturated heterocycles. The van der Waals surface area contributed by atoms with Gasteiger partial charge < -0.3 is 20.2 Å². The van der Waals surface area contributed by atoms with E-state index in [1.165, 1.54) is 0 Å². The number of carboxylic acid groups (broad SMARTS) is 1. The summed E-state index contributed by atoms with van der Waals surface area (Å²) in [6, 6.07) is 5.03. The second kappa shape index (κ2) is 9.05. The number of carbonyl (C=O) groups is 2. The van der Waals surface area contributed by atoms with Crippen LogP contribution in [0.2, 0.25) is 0 Å². The summed E-state index contributed by atoms with van der Waals surface area (Å²) >= 11 is 0. The maximum atomic E-state index is 13.1. The predicted octanol–water partition coefficient (Wildman–Crippen LogP) is 2.99. The minimum Gasteiger partial charge on any atom is -0.465 e. The van der Waals surface area contributed by atoms with E-state index in [2.05, 4.69) is 37.1 Å². The molecule has 34 heavy (non-hydrogen) atoms. The molecule has 11 heteroatoms. The molecule has 1 spiro atoms. The highest BCUT2D eigenvalue weighted by Gasteiger charge is 2.53. The summed E-state index contributed by atoms with van der Waals surface area (Å²) in [5, 5.41) is 12.7. The lowest BCUT2D eigenvalue weighted by atomic mass is 9.81. The van der Waals surface area contributed by atoms with Crippen LogP contribution >= 0.6 is 0 Å². The van der Waals surface area contributed by atoms with Crippen LogP contribution in [0.5, 0.6) is 0 Å². The Morgan fingerprint density at radius 3 is 2.50 bits per heavy atom. The lowest BCUT2D eigenvalue weighted by Crippen LogP contribution is -2.49. The molecule has 4 heterocycles. The number of hydrogen-bond acceptors (Lipinski definition) is 8. The van der Waals surface area contributed by atoms with E-state index in [1.807, 2.05) is 18.3 Å². The van der Waals surface area contributed by atoms with Gasteiger partial charge in [0.15, 0.2) is 0 Å². The maximum Gasteiger partial charge on any atom is 0.415 e. The minimum absolute atomic E-state index is 0.170. The Morgan fingerprint density at radius 1 is 1.06 bits per heavy atom. The summed E-state index contributed by atoms with van der Waals surface area (Å²) in [4.78, 5) is 45.2. The summed E-state index contributed by atoms with van der Waals surface area (Å²) in [6.45, 7) is 4.15. The molecule has 11 nitrogen and oxygen atoms in total. The van der Waals surface area contributed by atoms with Gasteiger partial charge in [0.1, 0.15) is 11.6 Å². The molecule has 5 rings (SSSR count). The van der Waals surface area contributed by atoms with Crippen LogP contribution in [0.4, 0.5) is 32.9 Å². The fourth-order valence-electron chi connectivity index (χ4n) is 5.20. The van der Waals surface area contributed by atoms with Crippen molar-refractivity contribution < 1.29 is 14.7 Å². The molecule has 3 fully saturated rings. The highest BCUT2D eigenvalue weighted by atomic mass is 16.4. The van der Waals surface area contributed by atoms with Crippen molar-refractivity contribution in [3.05, 3.63) is 30.6 Å². The fraction of sp³-hybridized carbons (Fsp3) is 0.522. The Hall–Kier alpha value is -3.47. The maximum absolute atomic E-state index is 13.1. The van der Waals surface area contributed by atoms with Gasteiger partial charge in [0.25, 0.3) is 0 Å². The fourth-order valence-corrected chi connectivity index (χ4v) is 5.20. The zero-order chi connectivity index (χ0) is 23.7. The lowest BCUT2D eigenvalue weighted by Gasteiger charge is -2.39. The van der Waals surface area contributed by atoms with Gasteiger partial charge in [-0.2, -0.15) is 4.98 Å². The topological polar surface area (TPSA) is 118 Å². The Balaban J connectivity index is 1.35. The predicted molar refractivity (Wildman–Crippen MR) is 128 cm³/mol. The van der Waals surface area contributed by atoms with E-state index in [0.717, 1.165) is 68.9 Å². The summed E-state index contributed by atoms with van der Waals surface area (Å²) in [5.41, 5.74) is 0.519. The van der Waals surface area contributed by atoms with Gasteiger partial charge in [-0.15, -0.1) is 0 Å². The lowest BCUT2D eigenvalue weighted by molar-refractivity contribution is 0.153. The van der Waals surface area contributed by atoms with Gasteiger partial charge in [-0.1, -0.05) is 19.3 Å². The van der Waals surface area contributed by atoms with Gasteiger partial charge >= 0.3 is 12.1 Å². The molecule has 1 aliphatic carbocycles. The van der Waals surface area contributed by atoms with Crippen molar-refractivity contribution in [3.8, 4) is 0 Å². The number of pyridine rings is 1. The molecule has 2 aliphatic heterocycles. The van der Waals surface area contributed by atoms with Crippen molar-refractivity contribution in [2.45, 2.75) is 37.6 Å². The normalized spacial score (nSPS) is 20.7. The Labute approximate surface area is 198 Å². The number of aromatic nitrogens is 3. The van der Waals surface area contributed by atoms with Crippen LogP contribution in [0.15, 0.2) is 30.6 Å². The Morgan fingerprint density at radius 2 is 1.82 bits per heavy atom. The van der Waals surface area contributed by atoms with Crippen LogP contribution in [0, 0.1) is 0 Å². The molecular formula is C23H30N8O3. The number of rotatable bonds is 4. The molecule has 3 amide bonds. The van der Waals surface area contributed by atoms with Crippen LogP contribution < -0.4 is 15.1 Å². The smallest absolute Gasteiger partial charge is 0.415 e. The first-order valence-corrected chi connectivity index (χ1v) is 11.8. The number of nitrogens with zero attached hydrogens (tertiary/aromatic N) is 7. The monoisotopic (exact) mass is 466 g/mol. The van der Waals surface area contributed by atoms with E-state index in [1.54, 1.807) is 17.2 Å². The van der Waals surface area contributed by atoms with Crippen LogP contribution in [0.3, 0.4) is 0 Å². The van der Waals surface area contributed by atoms with Gasteiger partial charge in [-0.05, 0) is 38.1 Å². The van der Waals surface area contributed by atoms with Crippen LogP contribution in [0.1, 0.15) is 32.1 Å². The summed E-state index contributed by atoms with van der Waals surface area (Å²) in [5.74, 6) is 1.31. The largest absolute Gasteiger partial charge is 0.465 e. The average molecular weight is 467 g/mol. The van der Waals surface area contributed by atoms with Crippen molar-refractivity contribution in [2.24, 2.45) is 0 Å². The SMILES string of the molecule is CN1CCN(c2ccc(Nc3nccc(N4C(=O)N(C(=O)O)CC45CCCCC5)n3)nc2)CC1. The number of amides is 3. The number of hydrogen-bond donors (Lipinski definition) is 2. The number of imide groups is 1. The quantitative estimate of drug-likeness (QED) is 0.701. The van der Waals surface area contributed by atoms with Crippen LogP contribution in [0.25, 0.3) is 0 Å². The van der Waals surface area contributed by atoms with E-state index in [4.69, 9.17) is 0 Å². The standard InChI is InChI=1S/C23H30N8O3/c1-28-11-13-29(14-12-28)17-5-6-18(25-15-17)26-20-24-10-7-19(27-20)31-21(32)30(22(33)34)16-23(31)8-3-2-4-9-23/h5-7,10,15H,2-4,8-9,11-14,16H2,1H3,(H,33,34)(H,24,25,26,27). The molecule has 0 unspecified atom stereocenters. The first-order chi connectivity index (χ1) is 16.4. The average Bonchev–Trinajstić information content (AvgIpc) is 3.12. The number of piperazine rings is 1. The van der Waals surface area contributed by atoms with Gasteiger partial charge in [0.05, 0.1) is 24.0 Å². The second-order valence-corrected chi connectivity index (χ2v) is 9.33. The van der Waals surface area contributed by atoms with Crippen LogP contribution in [-0.4, -0.2) is 87.3 Å². The van der Waals surface area contributed by atoms with Gasteiger partial charge in [0, 0.05) is 32.4 Å². The van der Waals surface area contributed by atoms with Gasteiger partial charge in [-0.25, -0.2) is 24.5 Å². The van der Waals surface area contributed by atoms with Gasteiger partial charge in [0.2, 0.25) is 5.95 Å². The molecule has 1 saturated carbocycles. The van der Waals surface area contributed by atoms with E-state index >= 15 is 0 Å². The molecule has 2 N–H and O–H groups in total. The number of likely N-dealkylation sites (N-methyl/N-ethyl adjacent to an activating group) is 1. The summed E-state index contributed by atoms with van der Waals surface area (Å²) in [6.07, 6.45) is 6.70. The molecule has 0 bridgehead atoms. The highest BCUT2D eigenvalue weighted by molar-refractivity contribution is 6.03. The van der Waals surface area contributed by atoms with E-state index in [-0.39, 0.29) is 6.54 Å². The summed E-state index contributed by atoms with van der Waals surface area (Å²) < 4.78 is 0. The number of urea groups is 1. The molecule has 2 aromatic rings. The third kappa shape index (κ3) is 4.23. The zero-order valence-electron chi connectivity index (χ0n) is 19.4. The number of anilines is 4. The van der Waals surface area contributed by atoms with Crippen LogP contribution in [-0.2, 0) is 0 Å². The zero-order valence-corrected chi connectivity index (χ0v) is 19.4. The molecule has 0 aromatic carbocycles. The van der Waals surface area contributed by atoms with Crippen molar-refractivity contribution in [1.29, 1.82) is 0 Å². The third-order valence-electron chi connectivity index (χ3n) is 7.09. The minimum atomic E-state index is -1.23. The Bertz CT molecular complexity index is 1050. The van der Waals surface area contributed by atoms with Crippen molar-refractivity contribution in [1.82, 2.24) is 24.8 Å². The highest BCUT2D eigenvalue weighted by Crippen LogP contribution is 2.41. The number of nitrogens with one attached hydrogen (secondary N) is 1. The molecule has 3 aliphatic rings. The molecule has 2 aromatic heterocycles. The molecular weight excluding hydrogens is 436 g/mol. The first-order valence-electron chi connectivity index (χ1n) is 11.8. The van der Waals surface area contributed by atoms with E-state index in [0.29, 0.717) is 17.6 Å². The second-order valence-electron chi connectivity index (χ2n) is 9.33. The summed E-state index contributed by atoms with van der Waals surface area (Å²) in [7, 11) is 2.13. The molecule has 0 atom stereocenters. The van der Waals surface area contributed by atoms with Crippen molar-refractivity contribution >= 4 is 35.4 Å². The van der Waals surface area contributed by atoms with E-state index in [9.17, 15) is 14.7 Å². The molecule has 180 valence electrons. The third-order valence-corrected chi connectivity index (χ3v) is 7.09. The van der Waals surface area contributed by atoms with Crippen molar-refractivity contribution in [3.63, 3.8) is 0 Å². The van der Waals surface area contributed by atoms with Gasteiger partial charge in [-0.3, -0.25) is 4.90 Å².